The highest BCUT2D eigenvalue weighted by Gasteiger charge is 2.28. The van der Waals surface area contributed by atoms with Crippen molar-refractivity contribution in [2.24, 2.45) is 0 Å². The zero-order valence-corrected chi connectivity index (χ0v) is 43.2. The highest BCUT2D eigenvalue weighted by molar-refractivity contribution is 9.10. The van der Waals surface area contributed by atoms with Gasteiger partial charge in [-0.05, 0) is 123 Å². The van der Waals surface area contributed by atoms with Gasteiger partial charge in [0.2, 0.25) is 5.78 Å². The molecule has 0 saturated heterocycles. The highest BCUT2D eigenvalue weighted by atomic mass is 79.9. The Morgan fingerprint density at radius 2 is 1.15 bits per heavy atom. The van der Waals surface area contributed by atoms with Gasteiger partial charge in [0, 0.05) is 37.7 Å². The van der Waals surface area contributed by atoms with E-state index in [1.165, 1.54) is 94.3 Å². The van der Waals surface area contributed by atoms with Crippen LogP contribution in [0.5, 0.6) is 0 Å². The van der Waals surface area contributed by atoms with Crippen molar-refractivity contribution in [1.82, 2.24) is 15.0 Å². The van der Waals surface area contributed by atoms with Crippen molar-refractivity contribution in [2.75, 3.05) is 37.0 Å². The lowest BCUT2D eigenvalue weighted by atomic mass is 9.87. The Bertz CT molecular complexity index is 2920. The molecule has 0 radical (unpaired) electrons. The number of pyridine rings is 2. The van der Waals surface area contributed by atoms with Crippen LogP contribution in [0.1, 0.15) is 79.1 Å². The van der Waals surface area contributed by atoms with Gasteiger partial charge in [0.1, 0.15) is 28.7 Å². The Hall–Kier alpha value is -5.34. The molecular weight excluding hydrogens is 1030 g/mol. The third kappa shape index (κ3) is 14.8. The fraction of sp³-hybridized carbons (Fsp3) is 0.250. The fourth-order valence-electron chi connectivity index (χ4n) is 5.86. The molecule has 0 bridgehead atoms. The number of nitrogens with one attached hydrogen (secondary N) is 1. The van der Waals surface area contributed by atoms with Crippen LogP contribution in [0.4, 0.5) is 20.2 Å². The van der Waals surface area contributed by atoms with E-state index in [9.17, 15) is 35.2 Å². The molecule has 0 aliphatic carbocycles. The monoisotopic (exact) mass is 1080 g/mol. The number of halogens is 5. The Balaban J connectivity index is 0.000000239. The van der Waals surface area contributed by atoms with E-state index in [1.54, 1.807) is 24.3 Å². The molecule has 0 aliphatic rings. The molecule has 0 fully saturated rings. The van der Waals surface area contributed by atoms with Gasteiger partial charge in [-0.1, -0.05) is 89.0 Å². The number of carbonyl (C=O) groups excluding carboxylic acids is 2. The van der Waals surface area contributed by atoms with E-state index < -0.39 is 31.6 Å². The minimum atomic E-state index is -4.00. The average Bonchev–Trinajstić information content (AvgIpc) is 3.28. The highest BCUT2D eigenvalue weighted by Crippen LogP contribution is 2.33. The first-order valence-electron chi connectivity index (χ1n) is 20.3. The Labute approximate surface area is 414 Å². The molecule has 362 valence electrons. The van der Waals surface area contributed by atoms with Crippen molar-refractivity contribution in [3.63, 3.8) is 0 Å². The molecule has 4 aromatic carbocycles. The third-order valence-corrected chi connectivity index (χ3v) is 13.9. The second-order valence-corrected chi connectivity index (χ2v) is 21.9. The van der Waals surface area contributed by atoms with Gasteiger partial charge in [-0.15, -0.1) is 0 Å². The molecule has 0 saturated carbocycles. The first kappa shape index (κ1) is 55.3. The van der Waals surface area contributed by atoms with Gasteiger partial charge in [-0.3, -0.25) is 19.1 Å². The van der Waals surface area contributed by atoms with E-state index >= 15 is 0 Å². The molecule has 6 aromatic rings. The number of aromatic nitrogens is 2. The van der Waals surface area contributed by atoms with E-state index in [-0.39, 0.29) is 61.0 Å². The van der Waals surface area contributed by atoms with E-state index in [1.807, 2.05) is 32.9 Å². The Morgan fingerprint density at radius 3 is 1.62 bits per heavy atom. The largest absolute Gasteiger partial charge is 0.363 e. The van der Waals surface area contributed by atoms with Gasteiger partial charge in [-0.25, -0.2) is 45.0 Å². The summed E-state index contributed by atoms with van der Waals surface area (Å²) in [5.41, 5.74) is 2.53. The maximum Gasteiger partial charge on any atom is 0.277 e. The molecule has 6 rings (SSSR count). The molecule has 68 heavy (non-hydrogen) atoms. The van der Waals surface area contributed by atoms with Gasteiger partial charge < -0.3 is 4.74 Å². The maximum absolute atomic E-state index is 13.2. The molecule has 2 heterocycles. The molecule has 20 heteroatoms. The number of nitrogens with zero attached hydrogens (tertiary/aromatic N) is 4. The van der Waals surface area contributed by atoms with Crippen molar-refractivity contribution in [2.45, 2.75) is 62.2 Å². The van der Waals surface area contributed by atoms with Crippen molar-refractivity contribution >= 4 is 82.2 Å². The van der Waals surface area contributed by atoms with Gasteiger partial charge >= 0.3 is 0 Å². The van der Waals surface area contributed by atoms with Crippen LogP contribution in [0, 0.1) is 11.6 Å². The summed E-state index contributed by atoms with van der Waals surface area (Å²) in [6, 6.07) is 26.4. The van der Waals surface area contributed by atoms with Crippen LogP contribution in [0.2, 0.25) is 10.0 Å². The summed E-state index contributed by atoms with van der Waals surface area (Å²) in [5, 5.41) is 1.57. The summed E-state index contributed by atoms with van der Waals surface area (Å²) in [6.45, 7) is 12.1. The lowest BCUT2D eigenvalue weighted by Gasteiger charge is -2.25. The van der Waals surface area contributed by atoms with Crippen molar-refractivity contribution in [3.05, 3.63) is 176 Å². The molecule has 2 aromatic heterocycles. The number of ether oxygens (including phenoxy) is 1. The first-order valence-corrected chi connectivity index (χ1v) is 24.8. The van der Waals surface area contributed by atoms with Crippen molar-refractivity contribution < 1.29 is 44.8 Å². The molecule has 1 amide bonds. The van der Waals surface area contributed by atoms with Crippen LogP contribution < -0.4 is 9.03 Å². The van der Waals surface area contributed by atoms with Gasteiger partial charge in [0.15, 0.2) is 0 Å². The van der Waals surface area contributed by atoms with Gasteiger partial charge in [0.25, 0.3) is 26.0 Å². The second-order valence-electron chi connectivity index (χ2n) is 16.8. The number of methoxy groups -OCH3 is 1. The summed E-state index contributed by atoms with van der Waals surface area (Å²) >= 11 is 15.2. The summed E-state index contributed by atoms with van der Waals surface area (Å²) in [7, 11) is -3.53. The van der Waals surface area contributed by atoms with Crippen molar-refractivity contribution in [3.8, 4) is 0 Å². The van der Waals surface area contributed by atoms with Crippen molar-refractivity contribution in [1.29, 1.82) is 0 Å². The average molecular weight is 1080 g/mol. The summed E-state index contributed by atoms with van der Waals surface area (Å²) in [4.78, 5) is 37.1. The second kappa shape index (κ2) is 23.3. The van der Waals surface area contributed by atoms with Crippen LogP contribution in [-0.4, -0.2) is 71.6 Å². The summed E-state index contributed by atoms with van der Waals surface area (Å²) in [5.74, 6) is -1.72. The number of ketones is 1. The third-order valence-electron chi connectivity index (χ3n) is 9.71. The lowest BCUT2D eigenvalue weighted by molar-refractivity contribution is -0.0757. The minimum absolute atomic E-state index is 0.0376. The zero-order valence-electron chi connectivity index (χ0n) is 38.5. The van der Waals surface area contributed by atoms with Gasteiger partial charge in [0.05, 0.1) is 38.3 Å². The molecule has 1 N–H and O–H groups in total. The van der Waals surface area contributed by atoms with Crippen LogP contribution in [0.25, 0.3) is 0 Å². The first-order chi connectivity index (χ1) is 31.7. The smallest absolute Gasteiger partial charge is 0.277 e. The Kier molecular flexibility index (Phi) is 18.9. The van der Waals surface area contributed by atoms with Crippen LogP contribution >= 0.6 is 39.1 Å². The Morgan fingerprint density at radius 1 is 0.691 bits per heavy atom. The number of benzene rings is 4. The standard InChI is InChI=1S/C22H20ClFN2O3S.C17H20BrClN2O3S.C9H10FNO2/c1-22(2,3)15-6-10-18(11-7-15)30(28,29)26-19-12-16(23)13-25-20(19)21(27)14-4-8-17(24)9-5-14;1-17(2,3)12-5-7-14(8-6-12)25(22,23)21(11-24-4)15-9-13(19)10-20-16(15)18;1-11(13-2)9(12)7-3-5-8(10)6-4-7/h4-13,26H,1-3H3;5-10H,11H2,1-4H3;3-6H,1-2H3. The van der Waals surface area contributed by atoms with Crippen LogP contribution in [-0.2, 0) is 40.5 Å². The van der Waals surface area contributed by atoms with E-state index in [0.717, 1.165) is 32.6 Å². The van der Waals surface area contributed by atoms with E-state index in [0.29, 0.717) is 20.9 Å². The van der Waals surface area contributed by atoms with E-state index in [4.69, 9.17) is 27.9 Å². The number of hydroxylamine groups is 2. The van der Waals surface area contributed by atoms with Crippen LogP contribution in [0.15, 0.2) is 136 Å². The molecule has 0 atom stereocenters. The predicted molar refractivity (Wildman–Crippen MR) is 264 cm³/mol. The molecule has 13 nitrogen and oxygen atoms in total. The van der Waals surface area contributed by atoms with Crippen LogP contribution in [0.3, 0.4) is 0 Å². The summed E-state index contributed by atoms with van der Waals surface area (Å²) < 4.78 is 86.6. The number of amides is 1. The minimum Gasteiger partial charge on any atom is -0.363 e. The number of sulfonamides is 2. The number of carbonyl (C=O) groups is 2. The predicted octanol–water partition coefficient (Wildman–Crippen LogP) is 11.3. The fourth-order valence-corrected chi connectivity index (χ4v) is 9.15. The topological polar surface area (TPSA) is 165 Å². The lowest BCUT2D eigenvalue weighted by Crippen LogP contribution is -2.33. The normalized spacial score (nSPS) is 11.6. The molecule has 0 unspecified atom stereocenters. The molecular formula is C48H50BrCl2F2N5O8S2. The van der Waals surface area contributed by atoms with E-state index in [2.05, 4.69) is 56.2 Å². The SMILES string of the molecule is CC(C)(C)c1ccc(S(=O)(=O)Nc2cc(Cl)cnc2C(=O)c2ccc(F)cc2)cc1.COCN(c1cc(Cl)cnc1Br)S(=O)(=O)c1ccc(C(C)(C)C)cc1.CON(C)C(=O)c1ccc(F)cc1. The van der Waals surface area contributed by atoms with Gasteiger partial charge in [-0.2, -0.15) is 0 Å². The molecule has 0 spiro atoms. The number of rotatable bonds is 12. The summed E-state index contributed by atoms with van der Waals surface area (Å²) in [6.07, 6.45) is 2.68. The maximum atomic E-state index is 13.2. The number of hydrogen-bond acceptors (Lipinski definition) is 10. The zero-order chi connectivity index (χ0) is 50.8. The number of anilines is 2. The number of hydrogen-bond donors (Lipinski definition) is 1. The quantitative estimate of drug-likeness (QED) is 0.0540. The molecule has 0 aliphatic heterocycles.